The Kier molecular flexibility index (Phi) is 2.60. The molecule has 3 nitrogen and oxygen atoms in total. The maximum atomic E-state index is 3.77. The number of halogens is 1. The van der Waals surface area contributed by atoms with E-state index in [4.69, 9.17) is 0 Å². The Hall–Kier alpha value is 0.220. The second kappa shape index (κ2) is 3.29. The summed E-state index contributed by atoms with van der Waals surface area (Å²) in [5, 5.41) is 9.96. The van der Waals surface area contributed by atoms with Crippen molar-refractivity contribution in [2.45, 2.75) is 5.75 Å². The van der Waals surface area contributed by atoms with E-state index in [1.807, 2.05) is 0 Å². The molecular formula is C3H4IN3S. The maximum Gasteiger partial charge on any atom is 0.0931 e. The number of rotatable bonds is 2. The lowest BCUT2D eigenvalue weighted by atomic mass is 10.6. The van der Waals surface area contributed by atoms with Gasteiger partial charge in [-0.3, -0.25) is 5.10 Å². The summed E-state index contributed by atoms with van der Waals surface area (Å²) in [6, 6.07) is 0. The van der Waals surface area contributed by atoms with Crippen LogP contribution < -0.4 is 0 Å². The lowest BCUT2D eigenvalue weighted by Crippen LogP contribution is -1.75. The molecular weight excluding hydrogens is 237 g/mol. The zero-order valence-electron chi connectivity index (χ0n) is 3.97. The van der Waals surface area contributed by atoms with E-state index >= 15 is 0 Å². The molecule has 0 fully saturated rings. The first kappa shape index (κ1) is 6.34. The SMILES string of the molecule is ISCc1c[nH]nn1. The average molecular weight is 241 g/mol. The Labute approximate surface area is 63.2 Å². The van der Waals surface area contributed by atoms with Crippen LogP contribution in [-0.2, 0) is 5.75 Å². The van der Waals surface area contributed by atoms with Crippen molar-refractivity contribution in [3.8, 4) is 0 Å². The van der Waals surface area contributed by atoms with E-state index < -0.39 is 0 Å². The van der Waals surface area contributed by atoms with E-state index in [9.17, 15) is 0 Å². The van der Waals surface area contributed by atoms with Crippen molar-refractivity contribution in [1.82, 2.24) is 15.4 Å². The third kappa shape index (κ3) is 1.62. The molecule has 1 aromatic rings. The van der Waals surface area contributed by atoms with Gasteiger partial charge in [0.05, 0.1) is 5.69 Å². The summed E-state index contributed by atoms with van der Waals surface area (Å²) < 4.78 is 0. The molecule has 5 heteroatoms. The van der Waals surface area contributed by atoms with Gasteiger partial charge in [-0.25, -0.2) is 0 Å². The fraction of sp³-hybridized carbons (Fsp3) is 0.333. The van der Waals surface area contributed by atoms with E-state index in [0.717, 1.165) is 11.4 Å². The summed E-state index contributed by atoms with van der Waals surface area (Å²) >= 11 is 2.22. The minimum absolute atomic E-state index is 0.928. The van der Waals surface area contributed by atoms with Crippen LogP contribution in [0.15, 0.2) is 6.20 Å². The molecule has 0 aliphatic carbocycles. The van der Waals surface area contributed by atoms with E-state index in [2.05, 4.69) is 36.6 Å². The lowest BCUT2D eigenvalue weighted by Gasteiger charge is -1.80. The normalized spacial score (nSPS) is 9.62. The number of nitrogens with one attached hydrogen (secondary N) is 1. The molecule has 0 aromatic carbocycles. The molecule has 0 saturated heterocycles. The number of H-pyrrole nitrogens is 1. The predicted octanol–water partition coefficient (Wildman–Crippen LogP) is 1.39. The van der Waals surface area contributed by atoms with Crippen LogP contribution in [0.5, 0.6) is 0 Å². The largest absolute Gasteiger partial charge is 0.265 e. The van der Waals surface area contributed by atoms with Crippen molar-refractivity contribution in [2.75, 3.05) is 0 Å². The minimum atomic E-state index is 0.928. The first-order valence-corrected chi connectivity index (χ1v) is 5.55. The highest BCUT2D eigenvalue weighted by molar-refractivity contribution is 14.2. The van der Waals surface area contributed by atoms with Crippen molar-refractivity contribution in [3.05, 3.63) is 11.9 Å². The van der Waals surface area contributed by atoms with E-state index in [1.54, 1.807) is 15.1 Å². The van der Waals surface area contributed by atoms with Crippen molar-refractivity contribution in [3.63, 3.8) is 0 Å². The summed E-state index contributed by atoms with van der Waals surface area (Å²) in [4.78, 5) is 0. The van der Waals surface area contributed by atoms with Gasteiger partial charge in [0, 0.05) is 11.9 Å². The van der Waals surface area contributed by atoms with Gasteiger partial charge in [0.25, 0.3) is 0 Å². The van der Waals surface area contributed by atoms with Gasteiger partial charge in [-0.15, -0.1) is 5.10 Å². The number of aromatic amines is 1. The van der Waals surface area contributed by atoms with Gasteiger partial charge < -0.3 is 0 Å². The maximum absolute atomic E-state index is 3.77. The average Bonchev–Trinajstić information content (AvgIpc) is 2.19. The van der Waals surface area contributed by atoms with Crippen LogP contribution in [0.4, 0.5) is 0 Å². The Morgan fingerprint density at radius 1 is 1.88 bits per heavy atom. The molecule has 0 spiro atoms. The van der Waals surface area contributed by atoms with Gasteiger partial charge in [-0.05, 0) is 21.2 Å². The molecule has 0 unspecified atom stereocenters. The van der Waals surface area contributed by atoms with Crippen LogP contribution >= 0.6 is 30.1 Å². The molecule has 1 heterocycles. The van der Waals surface area contributed by atoms with Crippen LogP contribution in [0.3, 0.4) is 0 Å². The van der Waals surface area contributed by atoms with Crippen molar-refractivity contribution < 1.29 is 0 Å². The Morgan fingerprint density at radius 3 is 3.25 bits per heavy atom. The number of hydrogen-bond donors (Lipinski definition) is 1. The van der Waals surface area contributed by atoms with E-state index in [1.165, 1.54) is 0 Å². The Balaban J connectivity index is 2.50. The van der Waals surface area contributed by atoms with E-state index in [0.29, 0.717) is 0 Å². The summed E-state index contributed by atoms with van der Waals surface area (Å²) in [5.41, 5.74) is 1.00. The molecule has 0 amide bonds. The molecule has 1 N–H and O–H groups in total. The summed E-state index contributed by atoms with van der Waals surface area (Å²) in [6.45, 7) is 0. The predicted molar refractivity (Wildman–Crippen MR) is 41.7 cm³/mol. The Bertz CT molecular complexity index is 140. The fourth-order valence-electron chi connectivity index (χ4n) is 0.352. The van der Waals surface area contributed by atoms with Crippen molar-refractivity contribution in [1.29, 1.82) is 0 Å². The van der Waals surface area contributed by atoms with Crippen LogP contribution in [-0.4, -0.2) is 15.4 Å². The van der Waals surface area contributed by atoms with Crippen LogP contribution in [0.1, 0.15) is 5.69 Å². The lowest BCUT2D eigenvalue weighted by molar-refractivity contribution is 0.926. The molecule has 0 radical (unpaired) electrons. The first-order valence-electron chi connectivity index (χ1n) is 2.02. The second-order valence-electron chi connectivity index (χ2n) is 1.22. The molecule has 0 saturated carbocycles. The van der Waals surface area contributed by atoms with Gasteiger partial charge in [0.15, 0.2) is 0 Å². The number of aromatic nitrogens is 3. The molecule has 0 bridgehead atoms. The number of hydrogen-bond acceptors (Lipinski definition) is 3. The van der Waals surface area contributed by atoms with Gasteiger partial charge >= 0.3 is 0 Å². The third-order valence-electron chi connectivity index (χ3n) is 0.670. The number of nitrogens with zero attached hydrogens (tertiary/aromatic N) is 2. The smallest absolute Gasteiger partial charge is 0.0931 e. The second-order valence-corrected chi connectivity index (χ2v) is 3.59. The summed E-state index contributed by atoms with van der Waals surface area (Å²) in [5.74, 6) is 0.928. The quantitative estimate of drug-likeness (QED) is 0.795. The highest BCUT2D eigenvalue weighted by atomic mass is 127. The van der Waals surface area contributed by atoms with Gasteiger partial charge in [-0.1, -0.05) is 14.1 Å². The zero-order chi connectivity index (χ0) is 5.82. The topological polar surface area (TPSA) is 41.6 Å². The van der Waals surface area contributed by atoms with Crippen LogP contribution in [0.2, 0.25) is 0 Å². The fourth-order valence-corrected chi connectivity index (χ4v) is 1.56. The monoisotopic (exact) mass is 241 g/mol. The zero-order valence-corrected chi connectivity index (χ0v) is 6.94. The van der Waals surface area contributed by atoms with Crippen LogP contribution in [0, 0.1) is 0 Å². The third-order valence-corrected chi connectivity index (χ3v) is 2.01. The van der Waals surface area contributed by atoms with Gasteiger partial charge in [0.2, 0.25) is 0 Å². The minimum Gasteiger partial charge on any atom is -0.265 e. The molecule has 0 atom stereocenters. The highest BCUT2D eigenvalue weighted by Crippen LogP contribution is 2.15. The molecule has 44 valence electrons. The standard InChI is InChI=1S/C3H4IN3S/c4-8-2-3-1-5-7-6-3/h1H,2H2,(H,5,6,7). The van der Waals surface area contributed by atoms with Crippen molar-refractivity contribution in [2.24, 2.45) is 0 Å². The molecule has 0 aliphatic rings. The molecule has 1 rings (SSSR count). The highest BCUT2D eigenvalue weighted by Gasteiger charge is 1.90. The first-order chi connectivity index (χ1) is 3.93. The van der Waals surface area contributed by atoms with Crippen LogP contribution in [0.25, 0.3) is 0 Å². The van der Waals surface area contributed by atoms with Gasteiger partial charge in [-0.2, -0.15) is 0 Å². The van der Waals surface area contributed by atoms with E-state index in [-0.39, 0.29) is 0 Å². The molecule has 8 heavy (non-hydrogen) atoms. The van der Waals surface area contributed by atoms with Crippen molar-refractivity contribution >= 4 is 30.1 Å². The molecule has 1 aromatic heterocycles. The summed E-state index contributed by atoms with van der Waals surface area (Å²) in [6.07, 6.45) is 1.80. The molecule has 0 aliphatic heterocycles. The summed E-state index contributed by atoms with van der Waals surface area (Å²) in [7, 11) is 1.71. The Morgan fingerprint density at radius 2 is 2.75 bits per heavy atom. The van der Waals surface area contributed by atoms with Gasteiger partial charge in [0.1, 0.15) is 0 Å².